The van der Waals surface area contributed by atoms with Crippen molar-refractivity contribution in [2.45, 2.75) is 70.2 Å². The van der Waals surface area contributed by atoms with Crippen molar-refractivity contribution >= 4 is 40.9 Å². The van der Waals surface area contributed by atoms with Crippen LogP contribution in [0.25, 0.3) is 0 Å². The zero-order chi connectivity index (χ0) is 30.8. The third-order valence-corrected chi connectivity index (χ3v) is 9.85. The summed E-state index contributed by atoms with van der Waals surface area (Å²) >= 11 is 0. The molecule has 1 amide bonds. The average Bonchev–Trinajstić information content (AvgIpc) is 3.46. The predicted molar refractivity (Wildman–Crippen MR) is 172 cm³/mol. The Labute approximate surface area is 259 Å². The molecule has 0 aliphatic carbocycles. The Morgan fingerprint density at radius 3 is 2.41 bits per heavy atom. The maximum absolute atomic E-state index is 12.5. The molecule has 1 N–H and O–H groups in total. The standard InChI is InChI=1S/C33H42N8O3/c1-21-18-39(15-14-38(21)6)24-12-10-23(11-13-24)35-30-34-17-25-29(37-30)41(26-16-32(3,4)44-20-33(25,26)5)28-9-7-8-27(36-28)40-22(2)19-43-31(40)42/h7-13,17,21-22,26H,14-16,18-20H2,1-6H3,(H,34,35,37)/t21-,22-,26+,33+/m0/s1. The van der Waals surface area contributed by atoms with Gasteiger partial charge in [0.25, 0.3) is 0 Å². The van der Waals surface area contributed by atoms with Crippen LogP contribution < -0.4 is 20.0 Å². The average molecular weight is 599 g/mol. The molecule has 0 radical (unpaired) electrons. The minimum Gasteiger partial charge on any atom is -0.447 e. The first-order valence-corrected chi connectivity index (χ1v) is 15.6. The summed E-state index contributed by atoms with van der Waals surface area (Å²) in [7, 11) is 2.19. The van der Waals surface area contributed by atoms with Crippen LogP contribution in [-0.4, -0.2) is 89.6 Å². The molecule has 4 aliphatic heterocycles. The second-order valence-corrected chi connectivity index (χ2v) is 13.6. The van der Waals surface area contributed by atoms with Crippen LogP contribution in [0.5, 0.6) is 0 Å². The second-order valence-electron chi connectivity index (χ2n) is 13.6. The molecule has 44 heavy (non-hydrogen) atoms. The Bertz CT molecular complexity index is 1560. The molecule has 0 bridgehead atoms. The van der Waals surface area contributed by atoms with Crippen LogP contribution in [-0.2, 0) is 14.9 Å². The number of pyridine rings is 1. The van der Waals surface area contributed by atoms with Crippen molar-refractivity contribution in [1.82, 2.24) is 19.9 Å². The van der Waals surface area contributed by atoms with E-state index in [1.54, 1.807) is 4.90 Å². The molecule has 6 heterocycles. The van der Waals surface area contributed by atoms with Crippen LogP contribution in [0.2, 0.25) is 0 Å². The van der Waals surface area contributed by atoms with Crippen molar-refractivity contribution in [3.8, 4) is 0 Å². The van der Waals surface area contributed by atoms with E-state index in [9.17, 15) is 4.79 Å². The number of fused-ring (bicyclic) bond motifs is 3. The van der Waals surface area contributed by atoms with E-state index in [1.807, 2.05) is 31.3 Å². The highest BCUT2D eigenvalue weighted by atomic mass is 16.6. The number of nitrogens with zero attached hydrogens (tertiary/aromatic N) is 7. The van der Waals surface area contributed by atoms with Crippen LogP contribution in [0.1, 0.15) is 46.6 Å². The van der Waals surface area contributed by atoms with Crippen molar-refractivity contribution in [1.29, 1.82) is 0 Å². The van der Waals surface area contributed by atoms with Crippen molar-refractivity contribution in [2.24, 2.45) is 0 Å². The molecule has 0 spiro atoms. The molecule has 2 aromatic heterocycles. The lowest BCUT2D eigenvalue weighted by Gasteiger charge is -2.46. The van der Waals surface area contributed by atoms with E-state index in [-0.39, 0.29) is 29.2 Å². The number of piperazine rings is 1. The molecular weight excluding hydrogens is 556 g/mol. The van der Waals surface area contributed by atoms with Gasteiger partial charge >= 0.3 is 6.09 Å². The third-order valence-electron chi connectivity index (χ3n) is 9.85. The lowest BCUT2D eigenvalue weighted by molar-refractivity contribution is -0.0893. The fraction of sp³-hybridized carbons (Fsp3) is 0.515. The molecule has 232 valence electrons. The van der Waals surface area contributed by atoms with Gasteiger partial charge in [-0.25, -0.2) is 14.8 Å². The quantitative estimate of drug-likeness (QED) is 0.428. The van der Waals surface area contributed by atoms with Crippen molar-refractivity contribution in [3.63, 3.8) is 0 Å². The number of carbonyl (C=O) groups excluding carboxylic acids is 1. The summed E-state index contributed by atoms with van der Waals surface area (Å²) in [6.45, 7) is 14.7. The summed E-state index contributed by atoms with van der Waals surface area (Å²) in [6.07, 6.45) is 2.34. The summed E-state index contributed by atoms with van der Waals surface area (Å²) in [5.74, 6) is 2.63. The lowest BCUT2D eigenvalue weighted by Crippen LogP contribution is -2.54. The predicted octanol–water partition coefficient (Wildman–Crippen LogP) is 5.08. The highest BCUT2D eigenvalue weighted by Gasteiger charge is 2.55. The van der Waals surface area contributed by atoms with Gasteiger partial charge in [-0.15, -0.1) is 0 Å². The van der Waals surface area contributed by atoms with Crippen LogP contribution in [0.3, 0.4) is 0 Å². The number of aromatic nitrogens is 3. The molecule has 4 atom stereocenters. The first-order valence-electron chi connectivity index (χ1n) is 15.6. The van der Waals surface area contributed by atoms with Gasteiger partial charge in [0.2, 0.25) is 5.95 Å². The molecular formula is C33H42N8O3. The van der Waals surface area contributed by atoms with Gasteiger partial charge in [-0.3, -0.25) is 4.90 Å². The molecule has 3 saturated heterocycles. The number of nitrogens with one attached hydrogen (secondary N) is 1. The third kappa shape index (κ3) is 4.92. The number of hydrogen-bond acceptors (Lipinski definition) is 10. The molecule has 3 aromatic rings. The van der Waals surface area contributed by atoms with E-state index in [4.69, 9.17) is 24.4 Å². The van der Waals surface area contributed by atoms with Gasteiger partial charge in [-0.2, -0.15) is 4.98 Å². The first kappa shape index (κ1) is 28.8. The summed E-state index contributed by atoms with van der Waals surface area (Å²) in [5.41, 5.74) is 2.54. The van der Waals surface area contributed by atoms with E-state index in [2.05, 4.69) is 79.0 Å². The Kier molecular flexibility index (Phi) is 6.93. The normalized spacial score (nSPS) is 28.1. The lowest BCUT2D eigenvalue weighted by atomic mass is 9.73. The van der Waals surface area contributed by atoms with E-state index < -0.39 is 0 Å². The summed E-state index contributed by atoms with van der Waals surface area (Å²) < 4.78 is 11.7. The topological polar surface area (TPSA) is 99.2 Å². The maximum atomic E-state index is 12.5. The number of ether oxygens (including phenoxy) is 2. The highest BCUT2D eigenvalue weighted by molar-refractivity contribution is 5.89. The fourth-order valence-electron chi connectivity index (χ4n) is 6.94. The number of rotatable bonds is 5. The molecule has 3 fully saturated rings. The van der Waals surface area contributed by atoms with Gasteiger partial charge in [0.1, 0.15) is 24.1 Å². The number of anilines is 6. The maximum Gasteiger partial charge on any atom is 0.415 e. The molecule has 0 saturated carbocycles. The first-order chi connectivity index (χ1) is 21.0. The van der Waals surface area contributed by atoms with Gasteiger partial charge < -0.3 is 29.5 Å². The fourth-order valence-corrected chi connectivity index (χ4v) is 6.94. The molecule has 11 heteroatoms. The van der Waals surface area contributed by atoms with Crippen molar-refractivity contribution in [2.75, 3.05) is 59.9 Å². The largest absolute Gasteiger partial charge is 0.447 e. The number of likely N-dealkylation sites (N-methyl/N-ethyl adjacent to an activating group) is 1. The number of cyclic esters (lactones) is 1. The Balaban J connectivity index is 1.21. The molecule has 11 nitrogen and oxygen atoms in total. The van der Waals surface area contributed by atoms with Crippen molar-refractivity contribution in [3.05, 3.63) is 54.2 Å². The van der Waals surface area contributed by atoms with Crippen molar-refractivity contribution < 1.29 is 14.3 Å². The minimum atomic E-state index is -0.372. The number of carbonyl (C=O) groups is 1. The van der Waals surface area contributed by atoms with Crippen LogP contribution in [0.4, 0.5) is 39.6 Å². The molecule has 7 rings (SSSR count). The summed E-state index contributed by atoms with van der Waals surface area (Å²) in [4.78, 5) is 36.1. The zero-order valence-corrected chi connectivity index (χ0v) is 26.4. The highest BCUT2D eigenvalue weighted by Crippen LogP contribution is 2.53. The number of hydrogen-bond donors (Lipinski definition) is 1. The van der Waals surface area contributed by atoms with Crippen LogP contribution in [0, 0.1) is 0 Å². The Morgan fingerprint density at radius 1 is 0.955 bits per heavy atom. The second kappa shape index (κ2) is 10.6. The number of benzene rings is 1. The Morgan fingerprint density at radius 2 is 1.70 bits per heavy atom. The van der Waals surface area contributed by atoms with Gasteiger partial charge in [0.15, 0.2) is 0 Å². The minimum absolute atomic E-state index is 0.0433. The van der Waals surface area contributed by atoms with Crippen LogP contribution >= 0.6 is 0 Å². The van der Waals surface area contributed by atoms with E-state index in [1.165, 1.54) is 5.69 Å². The molecule has 4 aliphatic rings. The zero-order valence-electron chi connectivity index (χ0n) is 26.4. The Hall–Kier alpha value is -3.96. The van der Waals surface area contributed by atoms with E-state index in [0.717, 1.165) is 48.9 Å². The van der Waals surface area contributed by atoms with Gasteiger partial charge in [0, 0.05) is 54.2 Å². The summed E-state index contributed by atoms with van der Waals surface area (Å²) in [5, 5.41) is 3.43. The van der Waals surface area contributed by atoms with E-state index in [0.29, 0.717) is 31.0 Å². The van der Waals surface area contributed by atoms with Gasteiger partial charge in [0.05, 0.1) is 24.3 Å². The van der Waals surface area contributed by atoms with Crippen LogP contribution in [0.15, 0.2) is 48.7 Å². The summed E-state index contributed by atoms with van der Waals surface area (Å²) in [6, 6.07) is 14.8. The smallest absolute Gasteiger partial charge is 0.415 e. The van der Waals surface area contributed by atoms with Gasteiger partial charge in [-0.05, 0) is 77.6 Å². The monoisotopic (exact) mass is 598 g/mol. The van der Waals surface area contributed by atoms with E-state index >= 15 is 0 Å². The molecule has 0 unspecified atom stereocenters. The number of amides is 1. The van der Waals surface area contributed by atoms with Gasteiger partial charge in [-0.1, -0.05) is 13.0 Å². The SMILES string of the molecule is C[C@H]1CN(c2ccc(Nc3ncc4c(n3)N(c3cccc(N5C(=O)OC[C@@H]5C)n3)[C@@H]3CC(C)(C)OC[C@]43C)cc2)CCN1C. The molecule has 1 aromatic carbocycles.